The van der Waals surface area contributed by atoms with Crippen LogP contribution in [0.5, 0.6) is 0 Å². The van der Waals surface area contributed by atoms with Crippen molar-refractivity contribution < 1.29 is 23.1 Å². The molecule has 5 aromatic rings. The lowest BCUT2D eigenvalue weighted by Gasteiger charge is -2.30. The van der Waals surface area contributed by atoms with Gasteiger partial charge in [0.25, 0.3) is 0 Å². The van der Waals surface area contributed by atoms with E-state index in [9.17, 15) is 18.4 Å². The molecule has 1 aromatic heterocycles. The molecule has 0 spiro atoms. The molecular formula is C36H30F2N4O3. The average molecular weight is 605 g/mol. The number of benzene rings is 4. The molecule has 0 unspecified atom stereocenters. The summed E-state index contributed by atoms with van der Waals surface area (Å²) in [6, 6.07) is 27.1. The van der Waals surface area contributed by atoms with Gasteiger partial charge >= 0.3 is 6.09 Å². The zero-order chi connectivity index (χ0) is 31.1. The number of hydrogen-bond donors (Lipinski definition) is 1. The molecule has 0 fully saturated rings. The molecule has 2 heterocycles. The van der Waals surface area contributed by atoms with Crippen molar-refractivity contribution in [2.75, 3.05) is 18.5 Å². The molecule has 0 radical (unpaired) electrons. The van der Waals surface area contributed by atoms with Crippen LogP contribution in [-0.2, 0) is 36.0 Å². The summed E-state index contributed by atoms with van der Waals surface area (Å²) in [5, 5.41) is 7.13. The summed E-state index contributed by atoms with van der Waals surface area (Å²) in [4.78, 5) is 28.0. The lowest BCUT2D eigenvalue weighted by Crippen LogP contribution is -2.37. The summed E-state index contributed by atoms with van der Waals surface area (Å²) in [6.07, 6.45) is 0.373. The second-order valence-corrected chi connectivity index (χ2v) is 11.4. The molecular weight excluding hydrogens is 574 g/mol. The molecule has 7 rings (SSSR count). The fourth-order valence-corrected chi connectivity index (χ4v) is 6.47. The summed E-state index contributed by atoms with van der Waals surface area (Å²) in [5.41, 5.74) is 8.05. The Morgan fingerprint density at radius 3 is 2.38 bits per heavy atom. The van der Waals surface area contributed by atoms with Crippen LogP contribution in [0.4, 0.5) is 19.4 Å². The number of rotatable bonds is 6. The minimum Gasteiger partial charge on any atom is -0.448 e. The first kappa shape index (κ1) is 28.5. The standard InChI is InChI=1S/C36H30F2N4O3/c1-41-34(19-33(40-41)30-14-13-24(37)18-32(30)38)39-35(43)17-22-7-6-8-23-20-42(16-15-25(22)23)36(44)45-21-31-28-11-4-2-9-26(28)27-10-3-5-12-29(27)31/h2-14,18-19,31H,15-17,20-21H2,1H3,(H,39,43). The number of hydrogen-bond acceptors (Lipinski definition) is 4. The average Bonchev–Trinajstić information content (AvgIpc) is 3.56. The van der Waals surface area contributed by atoms with Crippen LogP contribution in [0.25, 0.3) is 22.4 Å². The van der Waals surface area contributed by atoms with Gasteiger partial charge in [-0.1, -0.05) is 66.7 Å². The molecule has 0 saturated carbocycles. The van der Waals surface area contributed by atoms with Crippen LogP contribution in [0.3, 0.4) is 0 Å². The van der Waals surface area contributed by atoms with E-state index in [1.165, 1.54) is 39.1 Å². The van der Waals surface area contributed by atoms with Crippen LogP contribution in [0.2, 0.25) is 0 Å². The lowest BCUT2D eigenvalue weighted by molar-refractivity contribution is -0.115. The molecule has 1 aliphatic heterocycles. The first-order chi connectivity index (χ1) is 21.9. The molecule has 1 aliphatic carbocycles. The Labute approximate surface area is 259 Å². The van der Waals surface area contributed by atoms with E-state index < -0.39 is 11.6 Å². The SMILES string of the molecule is Cn1nc(-c2ccc(F)cc2F)cc1NC(=O)Cc1cccc2c1CCN(C(=O)OCC1c3ccccc3-c3ccccc31)C2. The Morgan fingerprint density at radius 2 is 1.64 bits per heavy atom. The van der Waals surface area contributed by atoms with E-state index in [-0.39, 0.29) is 42.2 Å². The van der Waals surface area contributed by atoms with E-state index in [0.29, 0.717) is 25.3 Å². The van der Waals surface area contributed by atoms with Gasteiger partial charge in [0.2, 0.25) is 5.91 Å². The second kappa shape index (κ2) is 11.6. The van der Waals surface area contributed by atoms with E-state index in [4.69, 9.17) is 4.74 Å². The Kier molecular flexibility index (Phi) is 7.37. The molecule has 2 amide bonds. The number of anilines is 1. The number of nitrogens with zero attached hydrogens (tertiary/aromatic N) is 3. The Hall–Kier alpha value is -5.31. The predicted molar refractivity (Wildman–Crippen MR) is 167 cm³/mol. The van der Waals surface area contributed by atoms with Crippen molar-refractivity contribution in [3.8, 4) is 22.4 Å². The van der Waals surface area contributed by atoms with Crippen molar-refractivity contribution in [3.05, 3.63) is 130 Å². The molecule has 0 atom stereocenters. The highest BCUT2D eigenvalue weighted by molar-refractivity contribution is 5.92. The monoisotopic (exact) mass is 604 g/mol. The molecule has 45 heavy (non-hydrogen) atoms. The van der Waals surface area contributed by atoms with Crippen LogP contribution in [0.15, 0.2) is 91.0 Å². The first-order valence-electron chi connectivity index (χ1n) is 14.8. The third-order valence-electron chi connectivity index (χ3n) is 8.66. The number of amides is 2. The summed E-state index contributed by atoms with van der Waals surface area (Å²) >= 11 is 0. The van der Waals surface area contributed by atoms with E-state index in [0.717, 1.165) is 22.8 Å². The van der Waals surface area contributed by atoms with Crippen molar-refractivity contribution in [1.82, 2.24) is 14.7 Å². The van der Waals surface area contributed by atoms with E-state index in [1.807, 2.05) is 42.5 Å². The Balaban J connectivity index is 0.996. The maximum absolute atomic E-state index is 14.3. The third-order valence-corrected chi connectivity index (χ3v) is 8.66. The highest BCUT2D eigenvalue weighted by atomic mass is 19.1. The Bertz CT molecular complexity index is 1910. The quantitative estimate of drug-likeness (QED) is 0.230. The van der Waals surface area contributed by atoms with Crippen LogP contribution < -0.4 is 5.32 Å². The maximum atomic E-state index is 14.3. The van der Waals surface area contributed by atoms with Crippen LogP contribution in [-0.4, -0.2) is 39.8 Å². The van der Waals surface area contributed by atoms with Gasteiger partial charge in [-0.2, -0.15) is 5.10 Å². The van der Waals surface area contributed by atoms with Crippen LogP contribution in [0, 0.1) is 11.6 Å². The number of fused-ring (bicyclic) bond motifs is 4. The topological polar surface area (TPSA) is 76.5 Å². The minimum absolute atomic E-state index is 0.00578. The number of aryl methyl sites for hydroxylation is 1. The molecule has 226 valence electrons. The number of halogens is 2. The molecule has 0 bridgehead atoms. The summed E-state index contributed by atoms with van der Waals surface area (Å²) in [5.74, 6) is -1.27. The maximum Gasteiger partial charge on any atom is 0.410 e. The van der Waals surface area contributed by atoms with Crippen molar-refractivity contribution in [2.45, 2.75) is 25.3 Å². The first-order valence-corrected chi connectivity index (χ1v) is 14.8. The highest BCUT2D eigenvalue weighted by Crippen LogP contribution is 2.44. The molecule has 7 nitrogen and oxygen atoms in total. The third kappa shape index (κ3) is 5.46. The number of carbonyl (C=O) groups is 2. The summed E-state index contributed by atoms with van der Waals surface area (Å²) in [6.45, 7) is 1.15. The fraction of sp³-hybridized carbons (Fsp3) is 0.194. The van der Waals surface area contributed by atoms with Gasteiger partial charge in [-0.25, -0.2) is 13.6 Å². The normalized spacial score (nSPS) is 13.6. The molecule has 4 aromatic carbocycles. The van der Waals surface area contributed by atoms with Crippen molar-refractivity contribution in [3.63, 3.8) is 0 Å². The van der Waals surface area contributed by atoms with Gasteiger partial charge in [0.1, 0.15) is 24.1 Å². The fourth-order valence-electron chi connectivity index (χ4n) is 6.47. The van der Waals surface area contributed by atoms with Gasteiger partial charge in [-0.05, 0) is 57.5 Å². The number of ether oxygens (including phenoxy) is 1. The van der Waals surface area contributed by atoms with Gasteiger partial charge in [-0.3, -0.25) is 9.48 Å². The van der Waals surface area contributed by atoms with Crippen LogP contribution >= 0.6 is 0 Å². The second-order valence-electron chi connectivity index (χ2n) is 11.4. The zero-order valence-corrected chi connectivity index (χ0v) is 24.6. The summed E-state index contributed by atoms with van der Waals surface area (Å²) in [7, 11) is 1.64. The van der Waals surface area contributed by atoms with Crippen molar-refractivity contribution >= 4 is 17.8 Å². The van der Waals surface area contributed by atoms with Gasteiger partial charge in [0.15, 0.2) is 0 Å². The molecule has 2 aliphatic rings. The van der Waals surface area contributed by atoms with Gasteiger partial charge in [0, 0.05) is 43.8 Å². The van der Waals surface area contributed by atoms with E-state index >= 15 is 0 Å². The molecule has 9 heteroatoms. The largest absolute Gasteiger partial charge is 0.448 e. The zero-order valence-electron chi connectivity index (χ0n) is 24.6. The van der Waals surface area contributed by atoms with Gasteiger partial charge in [0.05, 0.1) is 12.1 Å². The molecule has 0 saturated heterocycles. The minimum atomic E-state index is -0.728. The van der Waals surface area contributed by atoms with Crippen LogP contribution in [0.1, 0.15) is 33.7 Å². The summed E-state index contributed by atoms with van der Waals surface area (Å²) < 4.78 is 35.0. The smallest absolute Gasteiger partial charge is 0.410 e. The van der Waals surface area contributed by atoms with Crippen molar-refractivity contribution in [2.24, 2.45) is 7.05 Å². The molecule has 1 N–H and O–H groups in total. The predicted octanol–water partition coefficient (Wildman–Crippen LogP) is 6.85. The van der Waals surface area contributed by atoms with Crippen molar-refractivity contribution in [1.29, 1.82) is 0 Å². The van der Waals surface area contributed by atoms with Gasteiger partial charge in [-0.15, -0.1) is 0 Å². The Morgan fingerprint density at radius 1 is 0.911 bits per heavy atom. The number of aromatic nitrogens is 2. The van der Waals surface area contributed by atoms with Gasteiger partial charge < -0.3 is 15.0 Å². The number of nitrogens with one attached hydrogen (secondary N) is 1. The van der Waals surface area contributed by atoms with E-state index in [2.05, 4.69) is 34.7 Å². The number of carbonyl (C=O) groups excluding carboxylic acids is 2. The highest BCUT2D eigenvalue weighted by Gasteiger charge is 2.31. The lowest BCUT2D eigenvalue weighted by atomic mass is 9.93. The van der Waals surface area contributed by atoms with E-state index in [1.54, 1.807) is 18.0 Å².